The van der Waals surface area contributed by atoms with E-state index in [0.29, 0.717) is 10.9 Å². The molecule has 0 radical (unpaired) electrons. The molecule has 72 valence electrons. The zero-order valence-corrected chi connectivity index (χ0v) is 12.1. The Hall–Kier alpha value is 0.0497. The maximum Gasteiger partial charge on any atom is 0.142 e. The van der Waals surface area contributed by atoms with Crippen molar-refractivity contribution in [3.8, 4) is 11.2 Å². The molecule has 1 aromatic rings. The fraction of sp³-hybridized carbons (Fsp3) is 0. The molecule has 0 aromatic heterocycles. The molecule has 0 aliphatic rings. The van der Waals surface area contributed by atoms with Gasteiger partial charge in [-0.2, -0.15) is 0 Å². The quantitative estimate of drug-likeness (QED) is 0.268. The van der Waals surface area contributed by atoms with Crippen LogP contribution in [0.1, 0.15) is 5.56 Å². The maximum atomic E-state index is 13.7. The predicted octanol–water partition coefficient (Wildman–Crippen LogP) is -3.75. The number of halogens is 2. The third-order valence-corrected chi connectivity index (χ3v) is 3.59. The van der Waals surface area contributed by atoms with Gasteiger partial charge in [-0.15, -0.1) is 0 Å². The van der Waals surface area contributed by atoms with E-state index in [4.69, 9.17) is 0 Å². The highest BCUT2D eigenvalue weighted by molar-refractivity contribution is 14.2. The second-order valence-corrected chi connectivity index (χ2v) is 5.17. The highest BCUT2D eigenvalue weighted by Gasteiger charge is 2.11. The minimum Gasteiger partial charge on any atom is -0.208 e. The molecule has 0 fully saturated rings. The van der Waals surface area contributed by atoms with E-state index in [1.54, 1.807) is 15.7 Å². The molecule has 0 amide bonds. The van der Waals surface area contributed by atoms with Crippen LogP contribution in [0.3, 0.4) is 0 Å². The van der Waals surface area contributed by atoms with Gasteiger partial charge in [0.15, 0.2) is 0 Å². The van der Waals surface area contributed by atoms with Gasteiger partial charge in [0, 0.05) is 26.8 Å². The SMILES string of the molecule is Bc1c(B)c(C#CSI)c(B)c(B)c1F. The number of rotatable bonds is 0. The molecular formula is C8H8B4FIS. The van der Waals surface area contributed by atoms with E-state index in [0.717, 1.165) is 16.5 Å². The van der Waals surface area contributed by atoms with E-state index in [1.807, 2.05) is 15.7 Å². The summed E-state index contributed by atoms with van der Waals surface area (Å²) in [6.07, 6.45) is 0. The van der Waals surface area contributed by atoms with Crippen LogP contribution in [0.5, 0.6) is 0 Å². The predicted molar refractivity (Wildman–Crippen MR) is 87.6 cm³/mol. The highest BCUT2D eigenvalue weighted by atomic mass is 127. The summed E-state index contributed by atoms with van der Waals surface area (Å²) < 4.78 is 13.7. The van der Waals surface area contributed by atoms with Crippen LogP contribution >= 0.6 is 30.1 Å². The Bertz CT molecular complexity index is 437. The monoisotopic (exact) mass is 326 g/mol. The van der Waals surface area contributed by atoms with Crippen molar-refractivity contribution in [3.63, 3.8) is 0 Å². The minimum absolute atomic E-state index is 0.0994. The van der Waals surface area contributed by atoms with Crippen molar-refractivity contribution in [1.29, 1.82) is 0 Å². The smallest absolute Gasteiger partial charge is 0.142 e. The van der Waals surface area contributed by atoms with Crippen LogP contribution in [0.15, 0.2) is 0 Å². The van der Waals surface area contributed by atoms with Crippen molar-refractivity contribution in [2.24, 2.45) is 0 Å². The molecule has 0 bridgehead atoms. The van der Waals surface area contributed by atoms with Crippen LogP contribution < -0.4 is 21.9 Å². The molecule has 0 unspecified atom stereocenters. The van der Waals surface area contributed by atoms with Gasteiger partial charge in [-0.05, 0) is 14.2 Å². The van der Waals surface area contributed by atoms with Gasteiger partial charge in [0.05, 0.1) is 0 Å². The lowest BCUT2D eigenvalue weighted by atomic mass is 9.67. The van der Waals surface area contributed by atoms with Crippen molar-refractivity contribution in [2.75, 3.05) is 0 Å². The lowest BCUT2D eigenvalue weighted by Crippen LogP contribution is -2.46. The zero-order chi connectivity index (χ0) is 11.6. The first-order valence-electron chi connectivity index (χ1n) is 4.55. The summed E-state index contributed by atoms with van der Waals surface area (Å²) in [5, 5.41) is 2.95. The van der Waals surface area contributed by atoms with E-state index in [1.165, 1.54) is 8.93 Å². The van der Waals surface area contributed by atoms with Gasteiger partial charge in [0.1, 0.15) is 37.2 Å². The largest absolute Gasteiger partial charge is 0.208 e. The van der Waals surface area contributed by atoms with E-state index in [2.05, 4.69) is 32.4 Å². The molecular weight excluding hydrogens is 317 g/mol. The average molecular weight is 325 g/mol. The molecule has 7 heteroatoms. The molecule has 0 spiro atoms. The standard InChI is InChI=1S/C8H8B4FIS/c9-4-3(1-2-15-14)5(10)7(12)8(13)6(4)11/h9-12H2. The fourth-order valence-electron chi connectivity index (χ4n) is 1.52. The van der Waals surface area contributed by atoms with E-state index in [-0.39, 0.29) is 5.82 Å². The molecule has 15 heavy (non-hydrogen) atoms. The molecule has 0 nitrogen and oxygen atoms in total. The van der Waals surface area contributed by atoms with Crippen LogP contribution in [0.25, 0.3) is 0 Å². The van der Waals surface area contributed by atoms with Crippen LogP contribution in [0.4, 0.5) is 4.39 Å². The second kappa shape index (κ2) is 5.40. The highest BCUT2D eigenvalue weighted by Crippen LogP contribution is 2.07. The number of benzene rings is 1. The van der Waals surface area contributed by atoms with Crippen molar-refractivity contribution in [1.82, 2.24) is 0 Å². The minimum atomic E-state index is -0.0994. The normalized spacial score (nSPS) is 9.47. The van der Waals surface area contributed by atoms with Crippen molar-refractivity contribution in [2.45, 2.75) is 0 Å². The van der Waals surface area contributed by atoms with Crippen LogP contribution in [-0.2, 0) is 0 Å². The van der Waals surface area contributed by atoms with Gasteiger partial charge >= 0.3 is 0 Å². The molecule has 0 aliphatic carbocycles. The summed E-state index contributed by atoms with van der Waals surface area (Å²) >= 11 is 2.13. The molecule has 0 heterocycles. The first-order valence-corrected chi connectivity index (χ1v) is 7.91. The Morgan fingerprint density at radius 3 is 1.87 bits per heavy atom. The summed E-state index contributed by atoms with van der Waals surface area (Å²) in [4.78, 5) is 0. The summed E-state index contributed by atoms with van der Waals surface area (Å²) in [5.41, 5.74) is 4.29. The molecule has 0 saturated carbocycles. The second-order valence-electron chi connectivity index (χ2n) is 3.49. The molecule has 0 saturated heterocycles. The topological polar surface area (TPSA) is 0 Å². The van der Waals surface area contributed by atoms with Gasteiger partial charge in [0.25, 0.3) is 0 Å². The molecule has 0 atom stereocenters. The third kappa shape index (κ3) is 2.59. The summed E-state index contributed by atoms with van der Waals surface area (Å²) in [7, 11) is 8.90. The van der Waals surface area contributed by atoms with Gasteiger partial charge in [0.2, 0.25) is 0 Å². The Kier molecular flexibility index (Phi) is 4.72. The third-order valence-electron chi connectivity index (χ3n) is 2.75. The summed E-state index contributed by atoms with van der Waals surface area (Å²) in [5.74, 6) is 2.98. The Morgan fingerprint density at radius 1 is 1.00 bits per heavy atom. The summed E-state index contributed by atoms with van der Waals surface area (Å²) in [6.45, 7) is 0. The maximum absolute atomic E-state index is 13.7. The first-order chi connectivity index (χ1) is 7.00. The number of hydrogen-bond acceptors (Lipinski definition) is 1. The van der Waals surface area contributed by atoms with Gasteiger partial charge in [-0.25, -0.2) is 4.39 Å². The Morgan fingerprint density at radius 2 is 1.47 bits per heavy atom. The van der Waals surface area contributed by atoms with Crippen molar-refractivity contribution in [3.05, 3.63) is 11.4 Å². The summed E-state index contributed by atoms with van der Waals surface area (Å²) in [6, 6.07) is 0. The number of hydrogen-bond donors (Lipinski definition) is 0. The van der Waals surface area contributed by atoms with Crippen LogP contribution in [-0.4, -0.2) is 31.4 Å². The van der Waals surface area contributed by atoms with E-state index >= 15 is 0 Å². The van der Waals surface area contributed by atoms with Crippen molar-refractivity contribution >= 4 is 83.4 Å². The lowest BCUT2D eigenvalue weighted by molar-refractivity contribution is 0.645. The van der Waals surface area contributed by atoms with E-state index in [9.17, 15) is 4.39 Å². The van der Waals surface area contributed by atoms with Crippen molar-refractivity contribution < 1.29 is 4.39 Å². The van der Waals surface area contributed by atoms with Gasteiger partial charge in [-0.3, -0.25) is 0 Å². The average Bonchev–Trinajstić information content (AvgIpc) is 2.24. The Labute approximate surface area is 110 Å². The molecule has 0 N–H and O–H groups in total. The zero-order valence-electron chi connectivity index (χ0n) is 9.16. The first kappa shape index (κ1) is 13.1. The van der Waals surface area contributed by atoms with Crippen LogP contribution in [0, 0.1) is 17.0 Å². The molecule has 0 aliphatic heterocycles. The lowest BCUT2D eigenvalue weighted by Gasteiger charge is -2.13. The van der Waals surface area contributed by atoms with Gasteiger partial charge < -0.3 is 0 Å². The fourth-order valence-corrected chi connectivity index (χ4v) is 2.00. The van der Waals surface area contributed by atoms with E-state index < -0.39 is 0 Å². The molecule has 1 rings (SSSR count). The Balaban J connectivity index is 3.52. The van der Waals surface area contributed by atoms with Gasteiger partial charge in [-0.1, -0.05) is 27.8 Å². The molecule has 1 aromatic carbocycles. The van der Waals surface area contributed by atoms with Crippen LogP contribution in [0.2, 0.25) is 0 Å².